The van der Waals surface area contributed by atoms with Gasteiger partial charge in [0.2, 0.25) is 5.91 Å². The molecule has 0 bridgehead atoms. The summed E-state index contributed by atoms with van der Waals surface area (Å²) in [6.45, 7) is 0. The molecule has 0 spiro atoms. The Morgan fingerprint density at radius 2 is 1.74 bits per heavy atom. The number of amides is 1. The molecule has 0 radical (unpaired) electrons. The van der Waals surface area contributed by atoms with E-state index in [-0.39, 0.29) is 0 Å². The summed E-state index contributed by atoms with van der Waals surface area (Å²) in [6.07, 6.45) is 0. The van der Waals surface area contributed by atoms with Gasteiger partial charge in [-0.1, -0.05) is 24.0 Å². The van der Waals surface area contributed by atoms with E-state index in [1.54, 1.807) is 25.3 Å². The van der Waals surface area contributed by atoms with Crippen molar-refractivity contribution in [2.45, 2.75) is 0 Å². The van der Waals surface area contributed by atoms with Crippen LogP contribution in [0.4, 0.5) is 0 Å². The molecule has 2 N–H and O–H groups in total. The van der Waals surface area contributed by atoms with E-state index in [4.69, 9.17) is 10.5 Å². The first-order chi connectivity index (χ1) is 9.20. The number of benzene rings is 2. The lowest BCUT2D eigenvalue weighted by Gasteiger charge is -1.99. The van der Waals surface area contributed by atoms with Crippen molar-refractivity contribution in [2.75, 3.05) is 7.11 Å². The van der Waals surface area contributed by atoms with Crippen molar-refractivity contribution in [3.05, 3.63) is 65.2 Å². The lowest BCUT2D eigenvalue weighted by atomic mass is 10.1. The fourth-order valence-corrected chi connectivity index (χ4v) is 1.62. The molecule has 0 aromatic heterocycles. The van der Waals surface area contributed by atoms with E-state index < -0.39 is 5.91 Å². The molecule has 0 fully saturated rings. The molecule has 0 atom stereocenters. The number of rotatable bonds is 2. The molecule has 2 aromatic carbocycles. The highest BCUT2D eigenvalue weighted by molar-refractivity contribution is 5.95. The fraction of sp³-hybridized carbons (Fsp3) is 0.0625. The highest BCUT2D eigenvalue weighted by atomic mass is 16.5. The monoisotopic (exact) mass is 251 g/mol. The molecule has 0 aliphatic heterocycles. The predicted octanol–water partition coefficient (Wildman–Crippen LogP) is 2.19. The van der Waals surface area contributed by atoms with E-state index in [1.807, 2.05) is 30.3 Å². The van der Waals surface area contributed by atoms with Gasteiger partial charge in [-0.05, 0) is 36.4 Å². The second-order valence-electron chi connectivity index (χ2n) is 3.89. The van der Waals surface area contributed by atoms with Gasteiger partial charge in [-0.2, -0.15) is 0 Å². The van der Waals surface area contributed by atoms with Gasteiger partial charge in [-0.15, -0.1) is 0 Å². The maximum absolute atomic E-state index is 11.3. The Labute approximate surface area is 112 Å². The first kappa shape index (κ1) is 12.7. The largest absolute Gasteiger partial charge is 0.497 e. The second-order valence-corrected chi connectivity index (χ2v) is 3.89. The van der Waals surface area contributed by atoms with E-state index in [0.29, 0.717) is 11.1 Å². The summed E-state index contributed by atoms with van der Waals surface area (Å²) in [5, 5.41) is 0. The molecule has 1 amide bonds. The van der Waals surface area contributed by atoms with Crippen LogP contribution in [0.3, 0.4) is 0 Å². The molecular formula is C16H13NO2. The molecule has 3 heteroatoms. The van der Waals surface area contributed by atoms with Crippen molar-refractivity contribution >= 4 is 5.91 Å². The number of carbonyl (C=O) groups excluding carboxylic acids is 1. The number of methoxy groups -OCH3 is 1. The van der Waals surface area contributed by atoms with Gasteiger partial charge in [-0.3, -0.25) is 4.79 Å². The van der Waals surface area contributed by atoms with Crippen LogP contribution in [0.25, 0.3) is 0 Å². The Hall–Kier alpha value is -2.73. The number of hydrogen-bond acceptors (Lipinski definition) is 2. The van der Waals surface area contributed by atoms with Gasteiger partial charge >= 0.3 is 0 Å². The molecule has 0 aliphatic rings. The maximum atomic E-state index is 11.3. The average Bonchev–Trinajstić information content (AvgIpc) is 2.46. The molecule has 19 heavy (non-hydrogen) atoms. The summed E-state index contributed by atoms with van der Waals surface area (Å²) < 4.78 is 5.07. The Balaban J connectivity index is 2.31. The summed E-state index contributed by atoms with van der Waals surface area (Å²) in [5.41, 5.74) is 7.21. The third-order valence-corrected chi connectivity index (χ3v) is 2.62. The number of primary amides is 1. The molecule has 0 saturated carbocycles. The van der Waals surface area contributed by atoms with Crippen LogP contribution in [0.15, 0.2) is 48.5 Å². The molecule has 0 unspecified atom stereocenters. The van der Waals surface area contributed by atoms with Crippen molar-refractivity contribution in [3.8, 4) is 17.6 Å². The zero-order valence-electron chi connectivity index (χ0n) is 10.5. The van der Waals surface area contributed by atoms with Gasteiger partial charge in [0.25, 0.3) is 0 Å². The van der Waals surface area contributed by atoms with Crippen molar-refractivity contribution in [2.24, 2.45) is 5.73 Å². The van der Waals surface area contributed by atoms with Crippen LogP contribution < -0.4 is 10.5 Å². The molecule has 0 heterocycles. The number of nitrogens with two attached hydrogens (primary N) is 1. The smallest absolute Gasteiger partial charge is 0.249 e. The number of hydrogen-bond donors (Lipinski definition) is 1. The normalized spacial score (nSPS) is 9.32. The summed E-state index contributed by atoms with van der Waals surface area (Å²) in [7, 11) is 1.61. The van der Waals surface area contributed by atoms with E-state index in [9.17, 15) is 4.79 Å². The molecule has 0 saturated heterocycles. The molecule has 94 valence electrons. The average molecular weight is 251 g/mol. The second kappa shape index (κ2) is 5.74. The Morgan fingerprint density at radius 3 is 2.37 bits per heavy atom. The van der Waals surface area contributed by atoms with E-state index in [2.05, 4.69) is 11.8 Å². The van der Waals surface area contributed by atoms with Crippen LogP contribution in [0.1, 0.15) is 21.5 Å². The SMILES string of the molecule is COc1ccc(C#Cc2ccccc2C(N)=O)cc1. The molecule has 3 nitrogen and oxygen atoms in total. The Morgan fingerprint density at radius 1 is 1.05 bits per heavy atom. The van der Waals surface area contributed by atoms with E-state index in [0.717, 1.165) is 11.3 Å². The van der Waals surface area contributed by atoms with Crippen LogP contribution in [0.5, 0.6) is 5.75 Å². The van der Waals surface area contributed by atoms with Gasteiger partial charge in [0.15, 0.2) is 0 Å². The summed E-state index contributed by atoms with van der Waals surface area (Å²) >= 11 is 0. The number of carbonyl (C=O) groups is 1. The van der Waals surface area contributed by atoms with Gasteiger partial charge < -0.3 is 10.5 Å². The van der Waals surface area contributed by atoms with Crippen molar-refractivity contribution in [3.63, 3.8) is 0 Å². The third-order valence-electron chi connectivity index (χ3n) is 2.62. The van der Waals surface area contributed by atoms with Crippen LogP contribution in [-0.4, -0.2) is 13.0 Å². The van der Waals surface area contributed by atoms with Crippen LogP contribution in [-0.2, 0) is 0 Å². The zero-order valence-corrected chi connectivity index (χ0v) is 10.5. The summed E-state index contributed by atoms with van der Waals surface area (Å²) in [5.74, 6) is 6.26. The van der Waals surface area contributed by atoms with Crippen LogP contribution in [0.2, 0.25) is 0 Å². The first-order valence-corrected chi connectivity index (χ1v) is 5.75. The van der Waals surface area contributed by atoms with Gasteiger partial charge in [-0.25, -0.2) is 0 Å². The quantitative estimate of drug-likeness (QED) is 0.832. The third kappa shape index (κ3) is 3.14. The summed E-state index contributed by atoms with van der Waals surface area (Å²) in [4.78, 5) is 11.3. The Bertz CT molecular complexity index is 648. The minimum atomic E-state index is -0.473. The molecule has 2 rings (SSSR count). The van der Waals surface area contributed by atoms with Gasteiger partial charge in [0.1, 0.15) is 5.75 Å². The van der Waals surface area contributed by atoms with Crippen LogP contribution in [0, 0.1) is 11.8 Å². The molecular weight excluding hydrogens is 238 g/mol. The zero-order chi connectivity index (χ0) is 13.7. The lowest BCUT2D eigenvalue weighted by molar-refractivity contribution is 0.1000. The fourth-order valence-electron chi connectivity index (χ4n) is 1.62. The topological polar surface area (TPSA) is 52.3 Å². The first-order valence-electron chi connectivity index (χ1n) is 5.75. The minimum absolute atomic E-state index is 0.434. The molecule has 0 aliphatic carbocycles. The Kier molecular flexibility index (Phi) is 3.84. The van der Waals surface area contributed by atoms with Crippen LogP contribution >= 0.6 is 0 Å². The lowest BCUT2D eigenvalue weighted by Crippen LogP contribution is -2.12. The number of ether oxygens (including phenoxy) is 1. The van der Waals surface area contributed by atoms with E-state index >= 15 is 0 Å². The highest BCUT2D eigenvalue weighted by Gasteiger charge is 2.03. The van der Waals surface area contributed by atoms with E-state index in [1.165, 1.54) is 0 Å². The molecule has 2 aromatic rings. The van der Waals surface area contributed by atoms with Crippen molar-refractivity contribution in [1.82, 2.24) is 0 Å². The van der Waals surface area contributed by atoms with Gasteiger partial charge in [0, 0.05) is 11.1 Å². The highest BCUT2D eigenvalue weighted by Crippen LogP contribution is 2.11. The maximum Gasteiger partial charge on any atom is 0.249 e. The van der Waals surface area contributed by atoms with Gasteiger partial charge in [0.05, 0.1) is 12.7 Å². The summed E-state index contributed by atoms with van der Waals surface area (Å²) in [6, 6.07) is 14.4. The van der Waals surface area contributed by atoms with Crippen molar-refractivity contribution < 1.29 is 9.53 Å². The van der Waals surface area contributed by atoms with Crippen molar-refractivity contribution in [1.29, 1.82) is 0 Å². The predicted molar refractivity (Wildman–Crippen MR) is 73.9 cm³/mol. The minimum Gasteiger partial charge on any atom is -0.497 e. The standard InChI is InChI=1S/C16H13NO2/c1-19-14-10-7-12(8-11-14)6-9-13-4-2-3-5-15(13)16(17)18/h2-5,7-8,10-11H,1H3,(H2,17,18).